The Morgan fingerprint density at radius 3 is 2.80 bits per heavy atom. The van der Waals surface area contributed by atoms with Crippen LogP contribution >= 0.6 is 0 Å². The maximum atomic E-state index is 10.5. The van der Waals surface area contributed by atoms with Crippen molar-refractivity contribution in [1.82, 2.24) is 4.90 Å². The van der Waals surface area contributed by atoms with Crippen LogP contribution in [0.1, 0.15) is 25.0 Å². The number of nitrogens with zero attached hydrogens (tertiary/aromatic N) is 1. The number of ether oxygens (including phenoxy) is 1. The molecule has 0 spiro atoms. The molecule has 0 radical (unpaired) electrons. The van der Waals surface area contributed by atoms with Crippen molar-refractivity contribution in [2.45, 2.75) is 26.4 Å². The van der Waals surface area contributed by atoms with Crippen LogP contribution in [0, 0.1) is 0 Å². The average molecular weight is 277 g/mol. The molecule has 0 fully saturated rings. The van der Waals surface area contributed by atoms with Crippen LogP contribution in [0.25, 0.3) is 6.08 Å². The summed E-state index contributed by atoms with van der Waals surface area (Å²) in [5.74, 6) is -0.931. The smallest absolute Gasteiger partial charge is 0.328 e. The van der Waals surface area contributed by atoms with E-state index in [4.69, 9.17) is 9.84 Å². The van der Waals surface area contributed by atoms with Gasteiger partial charge < -0.3 is 9.84 Å². The molecular weight excluding hydrogens is 254 g/mol. The molecule has 0 aromatic heterocycles. The number of carboxylic acids is 1. The van der Waals surface area contributed by atoms with Crippen LogP contribution in [-0.2, 0) is 16.1 Å². The van der Waals surface area contributed by atoms with Gasteiger partial charge in [0.2, 0.25) is 0 Å². The van der Waals surface area contributed by atoms with Crippen molar-refractivity contribution < 1.29 is 14.6 Å². The summed E-state index contributed by atoms with van der Waals surface area (Å²) in [6.07, 6.45) is 2.77. The molecule has 1 N–H and O–H groups in total. The van der Waals surface area contributed by atoms with E-state index in [0.717, 1.165) is 24.7 Å². The zero-order valence-electron chi connectivity index (χ0n) is 12.4. The van der Waals surface area contributed by atoms with Crippen LogP contribution in [0.15, 0.2) is 30.3 Å². The third-order valence-electron chi connectivity index (χ3n) is 3.07. The van der Waals surface area contributed by atoms with E-state index in [-0.39, 0.29) is 0 Å². The normalized spacial score (nSPS) is 11.7. The minimum absolute atomic E-state index is 0.434. The van der Waals surface area contributed by atoms with Gasteiger partial charge in [0.1, 0.15) is 0 Å². The lowest BCUT2D eigenvalue weighted by atomic mass is 10.1. The lowest BCUT2D eigenvalue weighted by molar-refractivity contribution is -0.131. The summed E-state index contributed by atoms with van der Waals surface area (Å²) in [5.41, 5.74) is 2.07. The Kier molecular flexibility index (Phi) is 6.98. The first-order valence-electron chi connectivity index (χ1n) is 6.76. The van der Waals surface area contributed by atoms with Crippen LogP contribution in [-0.4, -0.2) is 42.3 Å². The van der Waals surface area contributed by atoms with Crippen molar-refractivity contribution in [2.75, 3.05) is 20.3 Å². The highest BCUT2D eigenvalue weighted by Gasteiger charge is 2.09. The fourth-order valence-corrected chi connectivity index (χ4v) is 1.93. The zero-order chi connectivity index (χ0) is 15.0. The van der Waals surface area contributed by atoms with Crippen LogP contribution < -0.4 is 0 Å². The van der Waals surface area contributed by atoms with E-state index < -0.39 is 5.97 Å². The average Bonchev–Trinajstić information content (AvgIpc) is 2.41. The third kappa shape index (κ3) is 5.99. The molecule has 1 aromatic carbocycles. The second-order valence-corrected chi connectivity index (χ2v) is 4.97. The number of carboxylic acid groups (broad SMARTS) is 1. The Morgan fingerprint density at radius 2 is 2.20 bits per heavy atom. The van der Waals surface area contributed by atoms with Gasteiger partial charge in [0, 0.05) is 32.3 Å². The molecule has 0 atom stereocenters. The molecule has 0 bridgehead atoms. The Bertz CT molecular complexity index is 455. The predicted molar refractivity (Wildman–Crippen MR) is 80.5 cm³/mol. The maximum Gasteiger partial charge on any atom is 0.328 e. The van der Waals surface area contributed by atoms with Crippen molar-refractivity contribution in [3.05, 3.63) is 41.5 Å². The second-order valence-electron chi connectivity index (χ2n) is 4.97. The van der Waals surface area contributed by atoms with Crippen LogP contribution in [0.3, 0.4) is 0 Å². The van der Waals surface area contributed by atoms with Gasteiger partial charge in [0.15, 0.2) is 0 Å². The van der Waals surface area contributed by atoms with E-state index in [9.17, 15) is 4.79 Å². The van der Waals surface area contributed by atoms with Crippen molar-refractivity contribution in [2.24, 2.45) is 0 Å². The highest BCUT2D eigenvalue weighted by atomic mass is 16.5. The van der Waals surface area contributed by atoms with E-state index in [1.807, 2.05) is 18.2 Å². The largest absolute Gasteiger partial charge is 0.478 e. The predicted octanol–water partition coefficient (Wildman–Crippen LogP) is 2.64. The molecule has 0 saturated carbocycles. The molecule has 20 heavy (non-hydrogen) atoms. The third-order valence-corrected chi connectivity index (χ3v) is 3.07. The van der Waals surface area contributed by atoms with E-state index in [0.29, 0.717) is 12.6 Å². The van der Waals surface area contributed by atoms with Gasteiger partial charge in [-0.25, -0.2) is 4.79 Å². The van der Waals surface area contributed by atoms with Crippen LogP contribution in [0.4, 0.5) is 0 Å². The van der Waals surface area contributed by atoms with Gasteiger partial charge in [0.05, 0.1) is 6.61 Å². The molecule has 0 aliphatic rings. The first kappa shape index (κ1) is 16.4. The molecule has 0 aliphatic heterocycles. The Hall–Kier alpha value is -1.65. The fraction of sp³-hybridized carbons (Fsp3) is 0.438. The number of aliphatic carboxylic acids is 1. The highest BCUT2D eigenvalue weighted by molar-refractivity contribution is 5.85. The summed E-state index contributed by atoms with van der Waals surface area (Å²) in [7, 11) is 1.70. The SMILES string of the molecule is COCCN(Cc1cccc(/C=C/C(=O)O)c1)C(C)C. The first-order chi connectivity index (χ1) is 9.52. The van der Waals surface area contributed by atoms with Crippen molar-refractivity contribution in [3.8, 4) is 0 Å². The summed E-state index contributed by atoms with van der Waals surface area (Å²) in [4.78, 5) is 12.9. The molecule has 110 valence electrons. The topological polar surface area (TPSA) is 49.8 Å². The molecule has 0 amide bonds. The summed E-state index contributed by atoms with van der Waals surface area (Å²) < 4.78 is 5.13. The van der Waals surface area contributed by atoms with Gasteiger partial charge in [-0.2, -0.15) is 0 Å². The van der Waals surface area contributed by atoms with Crippen LogP contribution in [0.5, 0.6) is 0 Å². The van der Waals surface area contributed by atoms with E-state index >= 15 is 0 Å². The highest BCUT2D eigenvalue weighted by Crippen LogP contribution is 2.12. The molecule has 0 aliphatic carbocycles. The molecular formula is C16H23NO3. The summed E-state index contributed by atoms with van der Waals surface area (Å²) in [6.45, 7) is 6.73. The number of hydrogen-bond donors (Lipinski definition) is 1. The van der Waals surface area contributed by atoms with Crippen molar-refractivity contribution in [3.63, 3.8) is 0 Å². The zero-order valence-corrected chi connectivity index (χ0v) is 12.4. The van der Waals surface area contributed by atoms with Gasteiger partial charge in [-0.15, -0.1) is 0 Å². The number of methoxy groups -OCH3 is 1. The van der Waals surface area contributed by atoms with Gasteiger partial charge in [-0.1, -0.05) is 24.3 Å². The molecule has 4 nitrogen and oxygen atoms in total. The lowest BCUT2D eigenvalue weighted by Gasteiger charge is -2.26. The van der Waals surface area contributed by atoms with E-state index in [1.165, 1.54) is 5.56 Å². The maximum absolute atomic E-state index is 10.5. The first-order valence-corrected chi connectivity index (χ1v) is 6.76. The molecule has 0 saturated heterocycles. The van der Waals surface area contributed by atoms with Crippen LogP contribution in [0.2, 0.25) is 0 Å². The summed E-state index contributed by atoms with van der Waals surface area (Å²) >= 11 is 0. The Labute approximate surface area is 120 Å². The lowest BCUT2D eigenvalue weighted by Crippen LogP contribution is -2.33. The van der Waals surface area contributed by atoms with E-state index in [2.05, 4.69) is 24.8 Å². The van der Waals surface area contributed by atoms with Crippen molar-refractivity contribution in [1.29, 1.82) is 0 Å². The van der Waals surface area contributed by atoms with Crippen molar-refractivity contribution >= 4 is 12.0 Å². The summed E-state index contributed by atoms with van der Waals surface area (Å²) in [6, 6.07) is 8.36. The van der Waals surface area contributed by atoms with E-state index in [1.54, 1.807) is 13.2 Å². The molecule has 0 unspecified atom stereocenters. The number of rotatable bonds is 8. The van der Waals surface area contributed by atoms with Gasteiger partial charge in [-0.3, -0.25) is 4.90 Å². The van der Waals surface area contributed by atoms with Gasteiger partial charge >= 0.3 is 5.97 Å². The number of hydrogen-bond acceptors (Lipinski definition) is 3. The molecule has 4 heteroatoms. The molecule has 1 aromatic rings. The second kappa shape index (κ2) is 8.51. The number of carbonyl (C=O) groups is 1. The fourth-order valence-electron chi connectivity index (χ4n) is 1.93. The minimum atomic E-state index is -0.931. The number of benzene rings is 1. The standard InChI is InChI=1S/C16H23NO3/c1-13(2)17(9-10-20-3)12-15-6-4-5-14(11-15)7-8-16(18)19/h4-8,11,13H,9-10,12H2,1-3H3,(H,18,19)/b8-7+. The molecule has 0 heterocycles. The van der Waals surface area contributed by atoms with Gasteiger partial charge in [0.25, 0.3) is 0 Å². The summed E-state index contributed by atoms with van der Waals surface area (Å²) in [5, 5.41) is 8.65. The monoisotopic (exact) mass is 277 g/mol. The quantitative estimate of drug-likeness (QED) is 0.742. The Morgan fingerprint density at radius 1 is 1.45 bits per heavy atom. The minimum Gasteiger partial charge on any atom is -0.478 e. The molecule has 1 rings (SSSR count). The Balaban J connectivity index is 2.74. The van der Waals surface area contributed by atoms with Gasteiger partial charge in [-0.05, 0) is 31.1 Å².